The molecule has 0 saturated carbocycles. The molecule has 0 amide bonds. The zero-order valence-corrected chi connectivity index (χ0v) is 7.44. The molecule has 0 radical (unpaired) electrons. The van der Waals surface area contributed by atoms with Crippen LogP contribution in [-0.2, 0) is 0 Å². The number of hydrogen-bond acceptors (Lipinski definition) is 0. The second-order valence-corrected chi connectivity index (χ2v) is 3.07. The van der Waals surface area contributed by atoms with E-state index in [0.717, 1.165) is 0 Å². The van der Waals surface area contributed by atoms with Gasteiger partial charge in [0.25, 0.3) is 0 Å². The minimum Gasteiger partial charge on any atom is -0.235 e. The summed E-state index contributed by atoms with van der Waals surface area (Å²) < 4.78 is 26.2. The van der Waals surface area contributed by atoms with Crippen LogP contribution < -0.4 is 0 Å². The van der Waals surface area contributed by atoms with E-state index < -0.39 is 11.6 Å². The van der Waals surface area contributed by atoms with Crippen molar-refractivity contribution in [2.24, 2.45) is 0 Å². The van der Waals surface area contributed by atoms with Gasteiger partial charge in [-0.25, -0.2) is 13.6 Å². The van der Waals surface area contributed by atoms with Gasteiger partial charge in [-0.3, -0.25) is 0 Å². The molecule has 1 nitrogen and oxygen atoms in total. The summed E-state index contributed by atoms with van der Waals surface area (Å²) in [4.78, 5) is 2.87. The van der Waals surface area contributed by atoms with Crippen molar-refractivity contribution in [1.29, 1.82) is 0 Å². The molecule has 1 aromatic carbocycles. The van der Waals surface area contributed by atoms with Crippen molar-refractivity contribution in [1.82, 2.24) is 0 Å². The molecule has 1 rings (SSSR count). The monoisotopic (exact) mass is 181 g/mol. The molecule has 0 bridgehead atoms. The average Bonchev–Trinajstić information content (AvgIpc) is 2.09. The Kier molecular flexibility index (Phi) is 2.62. The fourth-order valence-electron chi connectivity index (χ4n) is 1.09. The number of nitrogens with zero attached hydrogens (tertiary/aromatic N) is 1. The van der Waals surface area contributed by atoms with Crippen LogP contribution in [0.15, 0.2) is 12.1 Å². The fourth-order valence-corrected chi connectivity index (χ4v) is 1.09. The molecule has 1 aromatic rings. The maximum Gasteiger partial charge on any atom is 0.225 e. The first-order valence-corrected chi connectivity index (χ1v) is 3.93. The largest absolute Gasteiger partial charge is 0.235 e. The summed E-state index contributed by atoms with van der Waals surface area (Å²) in [5.41, 5.74) is 0.0480. The third-order valence-electron chi connectivity index (χ3n) is 1.83. The molecular formula is C10H9F2N. The zero-order chi connectivity index (χ0) is 10.0. The van der Waals surface area contributed by atoms with E-state index in [1.807, 2.05) is 0 Å². The van der Waals surface area contributed by atoms with Gasteiger partial charge in [0.05, 0.1) is 6.57 Å². The van der Waals surface area contributed by atoms with Crippen LogP contribution in [0.2, 0.25) is 0 Å². The maximum absolute atomic E-state index is 13.2. The van der Waals surface area contributed by atoms with Crippen molar-refractivity contribution in [3.63, 3.8) is 0 Å². The summed E-state index contributed by atoms with van der Waals surface area (Å²) in [6.45, 7) is 10.1. The topological polar surface area (TPSA) is 4.36 Å². The Bertz CT molecular complexity index is 364. The molecular weight excluding hydrogens is 172 g/mol. The average molecular weight is 181 g/mol. The predicted molar refractivity (Wildman–Crippen MR) is 46.7 cm³/mol. The van der Waals surface area contributed by atoms with E-state index in [-0.39, 0.29) is 11.6 Å². The highest BCUT2D eigenvalue weighted by atomic mass is 19.2. The molecule has 0 unspecified atom stereocenters. The van der Waals surface area contributed by atoms with Crippen molar-refractivity contribution in [3.05, 3.63) is 40.7 Å². The minimum atomic E-state index is -1.04. The van der Waals surface area contributed by atoms with Crippen molar-refractivity contribution < 1.29 is 8.78 Å². The molecule has 0 aliphatic rings. The molecule has 0 heterocycles. The summed E-state index contributed by atoms with van der Waals surface area (Å²) in [5, 5.41) is 0. The first-order chi connectivity index (χ1) is 6.07. The van der Waals surface area contributed by atoms with Gasteiger partial charge in [-0.1, -0.05) is 26.0 Å². The maximum atomic E-state index is 13.2. The molecule has 0 saturated heterocycles. The lowest BCUT2D eigenvalue weighted by molar-refractivity contribution is 0.498. The van der Waals surface area contributed by atoms with Crippen LogP contribution in [-0.4, -0.2) is 0 Å². The Hall–Kier alpha value is -1.43. The fraction of sp³-hybridized carbons (Fsp3) is 0.300. The lowest BCUT2D eigenvalue weighted by Crippen LogP contribution is -1.95. The van der Waals surface area contributed by atoms with Crippen LogP contribution in [0.25, 0.3) is 4.85 Å². The lowest BCUT2D eigenvalue weighted by atomic mass is 10.0. The summed E-state index contributed by atoms with van der Waals surface area (Å²) in [6, 6.07) is 2.76. The first-order valence-electron chi connectivity index (χ1n) is 3.93. The van der Waals surface area contributed by atoms with Gasteiger partial charge < -0.3 is 0 Å². The highest BCUT2D eigenvalue weighted by Crippen LogP contribution is 2.27. The second-order valence-electron chi connectivity index (χ2n) is 3.07. The quantitative estimate of drug-likeness (QED) is 0.582. The van der Waals surface area contributed by atoms with Gasteiger partial charge in [-0.05, 0) is 11.5 Å². The molecule has 0 fully saturated rings. The third-order valence-corrected chi connectivity index (χ3v) is 1.83. The van der Waals surface area contributed by atoms with Crippen LogP contribution in [0.3, 0.4) is 0 Å². The van der Waals surface area contributed by atoms with E-state index in [1.54, 1.807) is 13.8 Å². The van der Waals surface area contributed by atoms with Gasteiger partial charge in [0.1, 0.15) is 0 Å². The molecule has 0 spiro atoms. The predicted octanol–water partition coefficient (Wildman–Crippen LogP) is 3.64. The summed E-state index contributed by atoms with van der Waals surface area (Å²) in [6.07, 6.45) is 0. The summed E-state index contributed by atoms with van der Waals surface area (Å²) in [7, 11) is 0. The molecule has 0 atom stereocenters. The highest BCUT2D eigenvalue weighted by Gasteiger charge is 2.14. The third kappa shape index (κ3) is 1.67. The Morgan fingerprint density at radius 1 is 1.23 bits per heavy atom. The van der Waals surface area contributed by atoms with E-state index in [2.05, 4.69) is 4.85 Å². The number of hydrogen-bond donors (Lipinski definition) is 0. The van der Waals surface area contributed by atoms with Crippen molar-refractivity contribution in [2.45, 2.75) is 19.8 Å². The van der Waals surface area contributed by atoms with Crippen molar-refractivity contribution >= 4 is 5.69 Å². The molecule has 68 valence electrons. The van der Waals surface area contributed by atoms with Gasteiger partial charge >= 0.3 is 0 Å². The zero-order valence-electron chi connectivity index (χ0n) is 7.44. The Morgan fingerprint density at radius 3 is 2.31 bits per heavy atom. The van der Waals surface area contributed by atoms with Gasteiger partial charge in [0.15, 0.2) is 11.6 Å². The standard InChI is InChI=1S/C10H9F2N/c1-6(2)7-4-5-8(13-3)10(12)9(7)11/h4-6H,1-2H3. The minimum absolute atomic E-state index is 0.0747. The van der Waals surface area contributed by atoms with Crippen LogP contribution in [0.1, 0.15) is 25.3 Å². The van der Waals surface area contributed by atoms with Crippen LogP contribution >= 0.6 is 0 Å². The molecule has 0 aromatic heterocycles. The van der Waals surface area contributed by atoms with Gasteiger partial charge in [-0.2, -0.15) is 0 Å². The normalized spacial score (nSPS) is 10.2. The molecule has 0 aliphatic carbocycles. The summed E-state index contributed by atoms with van der Waals surface area (Å²) in [5.74, 6) is -2.01. The van der Waals surface area contributed by atoms with E-state index in [4.69, 9.17) is 6.57 Å². The SMILES string of the molecule is [C-]#[N+]c1ccc(C(C)C)c(F)c1F. The van der Waals surface area contributed by atoms with E-state index in [0.29, 0.717) is 5.56 Å². The smallest absolute Gasteiger partial charge is 0.225 e. The molecule has 13 heavy (non-hydrogen) atoms. The van der Waals surface area contributed by atoms with E-state index in [9.17, 15) is 8.78 Å². The molecule has 3 heteroatoms. The Morgan fingerprint density at radius 2 is 1.85 bits per heavy atom. The number of rotatable bonds is 1. The van der Waals surface area contributed by atoms with E-state index >= 15 is 0 Å². The summed E-state index contributed by atoms with van der Waals surface area (Å²) >= 11 is 0. The van der Waals surface area contributed by atoms with Gasteiger partial charge in [-0.15, -0.1) is 0 Å². The second kappa shape index (κ2) is 3.53. The lowest BCUT2D eigenvalue weighted by Gasteiger charge is -2.07. The van der Waals surface area contributed by atoms with Crippen molar-refractivity contribution in [2.75, 3.05) is 0 Å². The number of benzene rings is 1. The van der Waals surface area contributed by atoms with Gasteiger partial charge in [0.2, 0.25) is 5.69 Å². The Balaban J connectivity index is 3.33. The first kappa shape index (κ1) is 9.66. The van der Waals surface area contributed by atoms with E-state index in [1.165, 1.54) is 12.1 Å². The Labute approximate surface area is 75.8 Å². The highest BCUT2D eigenvalue weighted by molar-refractivity contribution is 5.48. The van der Waals surface area contributed by atoms with Crippen LogP contribution in [0.4, 0.5) is 14.5 Å². The molecule has 0 N–H and O–H groups in total. The van der Waals surface area contributed by atoms with Crippen LogP contribution in [0.5, 0.6) is 0 Å². The number of halogens is 2. The molecule has 0 aliphatic heterocycles. The van der Waals surface area contributed by atoms with Crippen molar-refractivity contribution in [3.8, 4) is 0 Å². The van der Waals surface area contributed by atoms with Crippen LogP contribution in [0, 0.1) is 18.2 Å². The van der Waals surface area contributed by atoms with Gasteiger partial charge in [0, 0.05) is 0 Å².